The van der Waals surface area contributed by atoms with E-state index in [1.54, 1.807) is 24.4 Å². The minimum atomic E-state index is -0.209. The summed E-state index contributed by atoms with van der Waals surface area (Å²) in [6.45, 7) is -0.101. The van der Waals surface area contributed by atoms with E-state index in [9.17, 15) is 9.90 Å². The monoisotopic (exact) mass is 395 g/mol. The molecule has 5 nitrogen and oxygen atoms in total. The lowest BCUT2D eigenvalue weighted by Gasteiger charge is -2.02. The molecule has 1 fully saturated rings. The molecule has 1 aliphatic rings. The minimum absolute atomic E-state index is 0.101. The van der Waals surface area contributed by atoms with E-state index < -0.39 is 0 Å². The molecule has 0 spiro atoms. The number of hydrogen-bond acceptors (Lipinski definition) is 5. The van der Waals surface area contributed by atoms with Crippen molar-refractivity contribution < 1.29 is 9.90 Å². The zero-order chi connectivity index (χ0) is 18.8. The Hall–Kier alpha value is -2.67. The first-order valence-corrected chi connectivity index (χ1v) is 9.35. The van der Waals surface area contributed by atoms with Crippen LogP contribution in [0.3, 0.4) is 0 Å². The third kappa shape index (κ3) is 3.88. The molecule has 27 heavy (non-hydrogen) atoms. The molecule has 134 valence electrons. The van der Waals surface area contributed by atoms with Crippen molar-refractivity contribution in [1.29, 1.82) is 0 Å². The zero-order valence-corrected chi connectivity index (χ0v) is 15.6. The third-order valence-corrected chi connectivity index (χ3v) is 5.22. The maximum Gasteiger partial charge on any atom is 0.264 e. The highest BCUT2D eigenvalue weighted by molar-refractivity contribution is 8.18. The molecule has 0 saturated carbocycles. The van der Waals surface area contributed by atoms with Crippen molar-refractivity contribution in [3.63, 3.8) is 0 Å². The van der Waals surface area contributed by atoms with Gasteiger partial charge in [-0.3, -0.25) is 9.78 Å². The molecule has 0 aliphatic carbocycles. The number of hydrogen-bond donors (Lipinski definition) is 2. The zero-order valence-electron chi connectivity index (χ0n) is 14.0. The van der Waals surface area contributed by atoms with E-state index >= 15 is 0 Å². The molecule has 0 unspecified atom stereocenters. The molecule has 1 amide bonds. The van der Waals surface area contributed by atoms with Gasteiger partial charge in [-0.25, -0.2) is 4.99 Å². The molecule has 2 aromatic carbocycles. The molecule has 2 N–H and O–H groups in total. The summed E-state index contributed by atoms with van der Waals surface area (Å²) in [6, 6.07) is 14.8. The van der Waals surface area contributed by atoms with Gasteiger partial charge >= 0.3 is 0 Å². The lowest BCUT2D eigenvalue weighted by atomic mass is 10.1. The quantitative estimate of drug-likeness (QED) is 0.649. The average molecular weight is 396 g/mol. The first kappa shape index (κ1) is 17.7. The van der Waals surface area contributed by atoms with E-state index in [4.69, 9.17) is 11.6 Å². The summed E-state index contributed by atoms with van der Waals surface area (Å²) in [5.41, 5.74) is 3.02. The van der Waals surface area contributed by atoms with Gasteiger partial charge in [0.25, 0.3) is 5.91 Å². The maximum atomic E-state index is 12.3. The number of nitrogens with zero attached hydrogens (tertiary/aromatic N) is 2. The van der Waals surface area contributed by atoms with Crippen LogP contribution < -0.4 is 5.32 Å². The summed E-state index contributed by atoms with van der Waals surface area (Å²) < 4.78 is 0. The number of amidine groups is 1. The third-order valence-electron chi connectivity index (χ3n) is 3.99. The lowest BCUT2D eigenvalue weighted by Crippen LogP contribution is -2.19. The van der Waals surface area contributed by atoms with Crippen LogP contribution >= 0.6 is 23.4 Å². The summed E-state index contributed by atoms with van der Waals surface area (Å²) in [5, 5.41) is 13.9. The van der Waals surface area contributed by atoms with Gasteiger partial charge in [0.1, 0.15) is 0 Å². The second-order valence-electron chi connectivity index (χ2n) is 5.88. The van der Waals surface area contributed by atoms with Crippen LogP contribution in [0, 0.1) is 0 Å². The van der Waals surface area contributed by atoms with Gasteiger partial charge in [-0.2, -0.15) is 0 Å². The lowest BCUT2D eigenvalue weighted by molar-refractivity contribution is -0.115. The van der Waals surface area contributed by atoms with Gasteiger partial charge in [-0.05, 0) is 59.3 Å². The number of carbonyl (C=O) groups is 1. The number of nitrogens with one attached hydrogen (secondary N) is 1. The molecule has 1 saturated heterocycles. The fraction of sp³-hybridized carbons (Fsp3) is 0.0500. The van der Waals surface area contributed by atoms with Crippen molar-refractivity contribution in [3.8, 4) is 0 Å². The summed E-state index contributed by atoms with van der Waals surface area (Å²) >= 11 is 7.41. The maximum absolute atomic E-state index is 12.3. The highest BCUT2D eigenvalue weighted by atomic mass is 35.5. The standard InChI is InChI=1S/C20H14ClN3O2S/c21-15-5-3-13(11-25)9-17(15)23-20-24-19(26)18(27-20)10-12-4-6-16-14(8-12)2-1-7-22-16/h1-10,25H,11H2,(H,23,24,26)/b18-10+. The number of halogens is 1. The Balaban J connectivity index is 1.62. The Bertz CT molecular complexity index is 1110. The molecule has 0 bridgehead atoms. The summed E-state index contributed by atoms with van der Waals surface area (Å²) in [6.07, 6.45) is 3.57. The van der Waals surface area contributed by atoms with E-state index in [0.717, 1.165) is 16.5 Å². The SMILES string of the molecule is O=C1NC(=Nc2cc(CO)ccc2Cl)S/C1=C/c1ccc2ncccc2c1. The number of thioether (sulfide) groups is 1. The Kier molecular flexibility index (Phi) is 4.94. The second kappa shape index (κ2) is 7.52. The summed E-state index contributed by atoms with van der Waals surface area (Å²) in [4.78, 5) is 21.5. The Morgan fingerprint density at radius 2 is 2.11 bits per heavy atom. The van der Waals surface area contributed by atoms with Crippen molar-refractivity contribution in [1.82, 2.24) is 10.3 Å². The number of carbonyl (C=O) groups excluding carboxylic acids is 1. The van der Waals surface area contributed by atoms with Crippen molar-refractivity contribution in [2.45, 2.75) is 6.61 Å². The van der Waals surface area contributed by atoms with Crippen LogP contribution in [0.5, 0.6) is 0 Å². The molecule has 0 atom stereocenters. The van der Waals surface area contributed by atoms with Gasteiger partial charge < -0.3 is 10.4 Å². The average Bonchev–Trinajstić information content (AvgIpc) is 3.02. The summed E-state index contributed by atoms with van der Waals surface area (Å²) in [5.74, 6) is -0.209. The molecule has 1 aromatic heterocycles. The van der Waals surface area contributed by atoms with Crippen LogP contribution in [0.25, 0.3) is 17.0 Å². The minimum Gasteiger partial charge on any atom is -0.392 e. The molecule has 1 aliphatic heterocycles. The molecule has 7 heteroatoms. The van der Waals surface area contributed by atoms with Crippen molar-refractivity contribution in [3.05, 3.63) is 75.8 Å². The Morgan fingerprint density at radius 1 is 1.22 bits per heavy atom. The van der Waals surface area contributed by atoms with E-state index in [1.165, 1.54) is 11.8 Å². The van der Waals surface area contributed by atoms with Gasteiger partial charge in [0, 0.05) is 11.6 Å². The first-order valence-electron chi connectivity index (χ1n) is 8.16. The normalized spacial score (nSPS) is 17.0. The predicted molar refractivity (Wildman–Crippen MR) is 110 cm³/mol. The molecule has 0 radical (unpaired) electrons. The fourth-order valence-electron chi connectivity index (χ4n) is 2.67. The Labute approximate surface area is 164 Å². The van der Waals surface area contributed by atoms with Crippen LogP contribution in [0.4, 0.5) is 5.69 Å². The Morgan fingerprint density at radius 3 is 2.96 bits per heavy atom. The summed E-state index contributed by atoms with van der Waals surface area (Å²) in [7, 11) is 0. The number of fused-ring (bicyclic) bond motifs is 1. The van der Waals surface area contributed by atoms with E-state index in [-0.39, 0.29) is 12.5 Å². The number of aromatic nitrogens is 1. The largest absolute Gasteiger partial charge is 0.392 e. The number of aliphatic imine (C=N–C) groups is 1. The fourth-order valence-corrected chi connectivity index (χ4v) is 3.66. The molecule has 4 rings (SSSR count). The number of aliphatic hydroxyl groups excluding tert-OH is 1. The van der Waals surface area contributed by atoms with Crippen molar-refractivity contribution in [2.75, 3.05) is 0 Å². The molecule has 2 heterocycles. The van der Waals surface area contributed by atoms with Gasteiger partial charge in [-0.15, -0.1) is 0 Å². The highest BCUT2D eigenvalue weighted by Gasteiger charge is 2.24. The molecule has 3 aromatic rings. The van der Waals surface area contributed by atoms with Crippen LogP contribution in [-0.2, 0) is 11.4 Å². The van der Waals surface area contributed by atoms with Crippen molar-refractivity contribution >= 4 is 57.1 Å². The van der Waals surface area contributed by atoms with Crippen molar-refractivity contribution in [2.24, 2.45) is 4.99 Å². The van der Waals surface area contributed by atoms with Crippen LogP contribution in [0.15, 0.2) is 64.6 Å². The van der Waals surface area contributed by atoms with E-state index in [2.05, 4.69) is 15.3 Å². The van der Waals surface area contributed by atoms with Gasteiger partial charge in [-0.1, -0.05) is 29.8 Å². The smallest absolute Gasteiger partial charge is 0.264 e. The highest BCUT2D eigenvalue weighted by Crippen LogP contribution is 2.32. The number of amides is 1. The topological polar surface area (TPSA) is 74.6 Å². The van der Waals surface area contributed by atoms with Gasteiger partial charge in [0.15, 0.2) is 5.17 Å². The molecular formula is C20H14ClN3O2S. The number of rotatable bonds is 3. The van der Waals surface area contributed by atoms with Gasteiger partial charge in [0.2, 0.25) is 0 Å². The number of benzene rings is 2. The molecular weight excluding hydrogens is 382 g/mol. The second-order valence-corrected chi connectivity index (χ2v) is 7.32. The van der Waals surface area contributed by atoms with Crippen LogP contribution in [-0.4, -0.2) is 21.2 Å². The van der Waals surface area contributed by atoms with Crippen LogP contribution in [0.1, 0.15) is 11.1 Å². The first-order chi connectivity index (χ1) is 13.1. The van der Waals surface area contributed by atoms with Crippen LogP contribution in [0.2, 0.25) is 5.02 Å². The number of pyridine rings is 1. The number of aliphatic hydroxyl groups is 1. The van der Waals surface area contributed by atoms with E-state index in [0.29, 0.717) is 26.3 Å². The van der Waals surface area contributed by atoms with Gasteiger partial charge in [0.05, 0.1) is 27.7 Å². The van der Waals surface area contributed by atoms with E-state index in [1.807, 2.05) is 36.4 Å². The predicted octanol–water partition coefficient (Wildman–Crippen LogP) is 4.27.